The molecule has 0 bridgehead atoms. The lowest BCUT2D eigenvalue weighted by atomic mass is 10.2. The van der Waals surface area contributed by atoms with E-state index in [2.05, 4.69) is 11.8 Å². The molecule has 2 heterocycles. The van der Waals surface area contributed by atoms with Gasteiger partial charge in [-0.25, -0.2) is 4.79 Å². The largest absolute Gasteiger partial charge is 0.475 e. The van der Waals surface area contributed by atoms with Crippen LogP contribution in [-0.2, 0) is 0 Å². The number of hydrogen-bond acceptors (Lipinski definition) is 4. The first kappa shape index (κ1) is 13.6. The summed E-state index contributed by atoms with van der Waals surface area (Å²) in [4.78, 5) is 26.8. The maximum Gasteiger partial charge on any atom is 0.371 e. The van der Waals surface area contributed by atoms with E-state index in [0.29, 0.717) is 13.1 Å². The molecule has 19 heavy (non-hydrogen) atoms. The Bertz CT molecular complexity index is 461. The highest BCUT2D eigenvalue weighted by Crippen LogP contribution is 2.12. The van der Waals surface area contributed by atoms with Crippen molar-refractivity contribution < 1.29 is 19.1 Å². The van der Waals surface area contributed by atoms with Crippen LogP contribution in [0.3, 0.4) is 0 Å². The lowest BCUT2D eigenvalue weighted by Gasteiger charge is -2.34. The van der Waals surface area contributed by atoms with Crippen molar-refractivity contribution in [2.75, 3.05) is 32.7 Å². The van der Waals surface area contributed by atoms with Gasteiger partial charge in [-0.3, -0.25) is 9.69 Å². The van der Waals surface area contributed by atoms with Crippen LogP contribution in [0.15, 0.2) is 16.5 Å². The van der Waals surface area contributed by atoms with E-state index in [9.17, 15) is 9.59 Å². The number of carbonyl (C=O) groups is 2. The minimum atomic E-state index is -1.16. The number of rotatable bonds is 4. The van der Waals surface area contributed by atoms with Crippen molar-refractivity contribution in [2.45, 2.75) is 13.3 Å². The van der Waals surface area contributed by atoms with Crippen molar-refractivity contribution in [3.05, 3.63) is 23.7 Å². The Balaban J connectivity index is 1.95. The van der Waals surface area contributed by atoms with Gasteiger partial charge in [0, 0.05) is 26.2 Å². The fourth-order valence-electron chi connectivity index (χ4n) is 2.21. The zero-order valence-electron chi connectivity index (χ0n) is 11.0. The number of piperazine rings is 1. The fourth-order valence-corrected chi connectivity index (χ4v) is 2.21. The lowest BCUT2D eigenvalue weighted by molar-refractivity contribution is 0.0593. The van der Waals surface area contributed by atoms with Crippen LogP contribution in [0.2, 0.25) is 0 Å². The highest BCUT2D eigenvalue weighted by atomic mass is 16.4. The Morgan fingerprint density at radius 3 is 2.37 bits per heavy atom. The third kappa shape index (κ3) is 3.14. The van der Waals surface area contributed by atoms with Gasteiger partial charge in [-0.1, -0.05) is 6.92 Å². The summed E-state index contributed by atoms with van der Waals surface area (Å²) in [6, 6.07) is 2.73. The standard InChI is InChI=1S/C13H18N2O4/c1-2-5-14-6-8-15(9-7-14)12(16)10-3-4-11(19-10)13(17)18/h3-4H,2,5-9H2,1H3,(H,17,18). The van der Waals surface area contributed by atoms with Crippen LogP contribution in [0.5, 0.6) is 0 Å². The molecule has 0 saturated carbocycles. The van der Waals surface area contributed by atoms with Gasteiger partial charge >= 0.3 is 5.97 Å². The molecule has 0 aromatic carbocycles. The maximum absolute atomic E-state index is 12.1. The Morgan fingerprint density at radius 1 is 1.21 bits per heavy atom. The van der Waals surface area contributed by atoms with Crippen molar-refractivity contribution in [1.29, 1.82) is 0 Å². The van der Waals surface area contributed by atoms with Crippen molar-refractivity contribution >= 4 is 11.9 Å². The third-order valence-electron chi connectivity index (χ3n) is 3.23. The molecule has 1 fully saturated rings. The Labute approximate surface area is 111 Å². The van der Waals surface area contributed by atoms with Gasteiger partial charge in [0.25, 0.3) is 5.91 Å². The molecule has 6 heteroatoms. The lowest BCUT2D eigenvalue weighted by Crippen LogP contribution is -2.48. The molecule has 1 aromatic rings. The zero-order chi connectivity index (χ0) is 13.8. The number of carboxylic acids is 1. The number of nitrogens with zero attached hydrogens (tertiary/aromatic N) is 2. The van der Waals surface area contributed by atoms with Crippen LogP contribution in [0.4, 0.5) is 0 Å². The molecular formula is C13H18N2O4. The van der Waals surface area contributed by atoms with Crippen LogP contribution in [0.1, 0.15) is 34.5 Å². The molecule has 1 aromatic heterocycles. The predicted molar refractivity (Wildman–Crippen MR) is 68.3 cm³/mol. The summed E-state index contributed by atoms with van der Waals surface area (Å²) in [5, 5.41) is 8.76. The van der Waals surface area contributed by atoms with Gasteiger partial charge < -0.3 is 14.4 Å². The molecule has 0 unspecified atom stereocenters. The number of carbonyl (C=O) groups excluding carboxylic acids is 1. The Hall–Kier alpha value is -1.82. The molecular weight excluding hydrogens is 248 g/mol. The van der Waals surface area contributed by atoms with Crippen LogP contribution in [-0.4, -0.2) is 59.5 Å². The number of carboxylic acid groups (broad SMARTS) is 1. The number of hydrogen-bond donors (Lipinski definition) is 1. The third-order valence-corrected chi connectivity index (χ3v) is 3.23. The second-order valence-electron chi connectivity index (χ2n) is 4.60. The summed E-state index contributed by atoms with van der Waals surface area (Å²) in [7, 11) is 0. The second kappa shape index (κ2) is 5.88. The van der Waals surface area contributed by atoms with E-state index in [4.69, 9.17) is 9.52 Å². The van der Waals surface area contributed by atoms with Crippen LogP contribution in [0, 0.1) is 0 Å². The van der Waals surface area contributed by atoms with Gasteiger partial charge in [-0.2, -0.15) is 0 Å². The SMILES string of the molecule is CCCN1CCN(C(=O)c2ccc(C(=O)O)o2)CC1. The first-order valence-electron chi connectivity index (χ1n) is 6.46. The highest BCUT2D eigenvalue weighted by Gasteiger charge is 2.24. The molecule has 2 rings (SSSR count). The molecule has 0 aliphatic carbocycles. The van der Waals surface area contributed by atoms with Gasteiger partial charge in [0.15, 0.2) is 5.76 Å². The van der Waals surface area contributed by atoms with Gasteiger partial charge in [0.05, 0.1) is 0 Å². The summed E-state index contributed by atoms with van der Waals surface area (Å²) >= 11 is 0. The average molecular weight is 266 g/mol. The molecule has 6 nitrogen and oxygen atoms in total. The van der Waals surface area contributed by atoms with Crippen molar-refractivity contribution in [3.63, 3.8) is 0 Å². The molecule has 1 amide bonds. The normalized spacial score (nSPS) is 16.6. The molecule has 1 aliphatic heterocycles. The van der Waals surface area contributed by atoms with Crippen LogP contribution in [0.25, 0.3) is 0 Å². The summed E-state index contributed by atoms with van der Waals surface area (Å²) in [5.74, 6) is -1.50. The van der Waals surface area contributed by atoms with E-state index in [0.717, 1.165) is 26.1 Å². The van der Waals surface area contributed by atoms with Crippen molar-refractivity contribution in [2.24, 2.45) is 0 Å². The summed E-state index contributed by atoms with van der Waals surface area (Å²) in [6.07, 6.45) is 1.11. The van der Waals surface area contributed by atoms with Crippen LogP contribution >= 0.6 is 0 Å². The summed E-state index contributed by atoms with van der Waals surface area (Å²) < 4.78 is 5.03. The van der Waals surface area contributed by atoms with E-state index in [-0.39, 0.29) is 17.4 Å². The van der Waals surface area contributed by atoms with Gasteiger partial charge in [-0.05, 0) is 25.1 Å². The number of amides is 1. The Morgan fingerprint density at radius 2 is 1.84 bits per heavy atom. The van der Waals surface area contributed by atoms with Gasteiger partial charge in [0.1, 0.15) is 0 Å². The predicted octanol–water partition coefficient (Wildman–Crippen LogP) is 1.15. The van der Waals surface area contributed by atoms with Crippen LogP contribution < -0.4 is 0 Å². The first-order valence-corrected chi connectivity index (χ1v) is 6.46. The minimum Gasteiger partial charge on any atom is -0.475 e. The molecule has 0 atom stereocenters. The van der Waals surface area contributed by atoms with E-state index < -0.39 is 5.97 Å². The molecule has 1 saturated heterocycles. The van der Waals surface area contributed by atoms with Crippen molar-refractivity contribution in [1.82, 2.24) is 9.80 Å². The first-order chi connectivity index (χ1) is 9.11. The van der Waals surface area contributed by atoms with E-state index >= 15 is 0 Å². The second-order valence-corrected chi connectivity index (χ2v) is 4.60. The quantitative estimate of drug-likeness (QED) is 0.884. The zero-order valence-corrected chi connectivity index (χ0v) is 11.0. The smallest absolute Gasteiger partial charge is 0.371 e. The van der Waals surface area contributed by atoms with Crippen molar-refractivity contribution in [3.8, 4) is 0 Å². The molecule has 104 valence electrons. The maximum atomic E-state index is 12.1. The summed E-state index contributed by atoms with van der Waals surface area (Å²) in [5.41, 5.74) is 0. The molecule has 1 N–H and O–H groups in total. The summed E-state index contributed by atoms with van der Waals surface area (Å²) in [6.45, 7) is 6.20. The van der Waals surface area contributed by atoms with E-state index in [1.165, 1.54) is 12.1 Å². The van der Waals surface area contributed by atoms with E-state index in [1.54, 1.807) is 4.90 Å². The fraction of sp³-hybridized carbons (Fsp3) is 0.538. The molecule has 0 radical (unpaired) electrons. The number of furan rings is 1. The topological polar surface area (TPSA) is 74.0 Å². The molecule has 1 aliphatic rings. The van der Waals surface area contributed by atoms with Gasteiger partial charge in [-0.15, -0.1) is 0 Å². The van der Waals surface area contributed by atoms with Gasteiger partial charge in [0.2, 0.25) is 5.76 Å². The number of aromatic carboxylic acids is 1. The Kier molecular flexibility index (Phi) is 4.21. The average Bonchev–Trinajstić information content (AvgIpc) is 2.89. The highest BCUT2D eigenvalue weighted by molar-refractivity contribution is 5.93. The molecule has 0 spiro atoms. The minimum absolute atomic E-state index is 0.0985. The van der Waals surface area contributed by atoms with E-state index in [1.807, 2.05) is 0 Å². The monoisotopic (exact) mass is 266 g/mol.